The molecule has 0 atom stereocenters. The number of nitrogens with zero attached hydrogens (tertiary/aromatic N) is 3. The monoisotopic (exact) mass is 612 g/mol. The molecule has 0 fully saturated rings. The third kappa shape index (κ3) is 7.66. The van der Waals surface area contributed by atoms with E-state index in [0.717, 1.165) is 36.2 Å². The number of carbonyl (C=O) groups excluding carboxylic acids is 1. The predicted molar refractivity (Wildman–Crippen MR) is 162 cm³/mol. The molecule has 0 bridgehead atoms. The van der Waals surface area contributed by atoms with Crippen LogP contribution in [0.25, 0.3) is 22.1 Å². The molecular weight excluding hydrogens is 563 g/mol. The molecule has 0 spiro atoms. The number of para-hydroxylation sites is 1. The Bertz CT molecular complexity index is 1120. The van der Waals surface area contributed by atoms with Gasteiger partial charge in [0.2, 0.25) is 0 Å². The molecule has 0 unspecified atom stereocenters. The number of carbonyl (C=O) groups is 1. The molecule has 202 valence electrons. The fourth-order valence-electron chi connectivity index (χ4n) is 5.53. The zero-order valence-corrected chi connectivity index (χ0v) is 26.8. The van der Waals surface area contributed by atoms with Crippen molar-refractivity contribution in [1.29, 1.82) is 0 Å². The van der Waals surface area contributed by atoms with Crippen molar-refractivity contribution in [2.45, 2.75) is 86.5 Å². The van der Waals surface area contributed by atoms with Crippen molar-refractivity contribution in [1.82, 2.24) is 20.2 Å². The Hall–Kier alpha value is -1.73. The topological polar surface area (TPSA) is 58.1 Å². The van der Waals surface area contributed by atoms with Gasteiger partial charge in [-0.05, 0) is 13.1 Å². The Morgan fingerprint density at radius 3 is 2.05 bits per heavy atom. The van der Waals surface area contributed by atoms with E-state index in [0.29, 0.717) is 17.6 Å². The number of amides is 1. The van der Waals surface area contributed by atoms with Crippen LogP contribution in [0.2, 0.25) is 13.3 Å². The molecule has 0 saturated heterocycles. The van der Waals surface area contributed by atoms with Crippen molar-refractivity contribution < 1.29 is 4.79 Å². The van der Waals surface area contributed by atoms with E-state index in [2.05, 4.69) is 63.0 Å². The quantitative estimate of drug-likeness (QED) is 0.141. The third-order valence-corrected chi connectivity index (χ3v) is 23.6. The Balaban J connectivity index is 1.96. The average molecular weight is 611 g/mol. The van der Waals surface area contributed by atoms with Crippen LogP contribution in [0.5, 0.6) is 0 Å². The van der Waals surface area contributed by atoms with Crippen LogP contribution in [0.1, 0.15) is 83.5 Å². The van der Waals surface area contributed by atoms with Crippen molar-refractivity contribution in [3.8, 4) is 0 Å². The van der Waals surface area contributed by atoms with E-state index in [9.17, 15) is 4.79 Å². The van der Waals surface area contributed by atoms with Gasteiger partial charge in [0.25, 0.3) is 0 Å². The summed E-state index contributed by atoms with van der Waals surface area (Å²) in [5.41, 5.74) is 3.98. The number of aromatic nitrogens is 2. The summed E-state index contributed by atoms with van der Waals surface area (Å²) in [5.74, 6) is -0.0723. The van der Waals surface area contributed by atoms with Crippen LogP contribution in [0.4, 0.5) is 0 Å². The molecule has 1 heterocycles. The van der Waals surface area contributed by atoms with E-state index in [1.807, 2.05) is 18.2 Å². The standard InChI is InChI=1S/C19H21N4O.3C4H9.Sn/c1-3-23(4-2)13-12-20-19(24)14-8-7-11-17-18(14)22-16-10-6-5-9-15(16)21-17;3*1-3-4-2;/h6-11H,3-4,12-13H2,1-2H3,(H,20,24);3*1,3-4H2,2H3;. The number of hydrogen-bond donors (Lipinski definition) is 1. The van der Waals surface area contributed by atoms with Gasteiger partial charge >= 0.3 is 203 Å². The first kappa shape index (κ1) is 29.8. The molecule has 0 aliphatic rings. The summed E-state index contributed by atoms with van der Waals surface area (Å²) in [6, 6.07) is 12.7. The first-order chi connectivity index (χ1) is 18.0. The molecule has 37 heavy (non-hydrogen) atoms. The number of hydrogen-bond acceptors (Lipinski definition) is 4. The molecular formula is C31H48N4OSn. The van der Waals surface area contributed by atoms with Gasteiger partial charge in [0.15, 0.2) is 0 Å². The van der Waals surface area contributed by atoms with Crippen LogP contribution >= 0.6 is 0 Å². The second-order valence-corrected chi connectivity index (χ2v) is 23.7. The summed E-state index contributed by atoms with van der Waals surface area (Å²) in [6.45, 7) is 14.7. The van der Waals surface area contributed by atoms with E-state index in [1.54, 1.807) is 3.58 Å². The van der Waals surface area contributed by atoms with Gasteiger partial charge < -0.3 is 0 Å². The molecule has 6 heteroatoms. The van der Waals surface area contributed by atoms with E-state index in [1.165, 1.54) is 51.8 Å². The summed E-state index contributed by atoms with van der Waals surface area (Å²) in [7, 11) is 0. The number of likely N-dealkylation sites (N-methyl/N-ethyl adjacent to an activating group) is 1. The van der Waals surface area contributed by atoms with Crippen molar-refractivity contribution in [2.24, 2.45) is 0 Å². The molecule has 3 aromatic rings. The molecule has 3 rings (SSSR count). The van der Waals surface area contributed by atoms with Gasteiger partial charge in [-0.1, -0.05) is 13.8 Å². The number of benzene rings is 2. The Labute approximate surface area is 228 Å². The second-order valence-electron chi connectivity index (χ2n) is 10.5. The molecule has 2 aromatic carbocycles. The molecule has 1 amide bonds. The number of fused-ring (bicyclic) bond motifs is 2. The van der Waals surface area contributed by atoms with Gasteiger partial charge in [-0.15, -0.1) is 0 Å². The second kappa shape index (κ2) is 15.0. The fourth-order valence-corrected chi connectivity index (χ4v) is 21.5. The zero-order valence-electron chi connectivity index (χ0n) is 23.9. The summed E-state index contributed by atoms with van der Waals surface area (Å²) in [5, 5.41) is 3.09. The minimum atomic E-state index is -2.55. The van der Waals surface area contributed by atoms with Gasteiger partial charge in [-0.2, -0.15) is 0 Å². The third-order valence-electron chi connectivity index (χ3n) is 7.95. The maximum absolute atomic E-state index is 13.1. The fraction of sp³-hybridized carbons (Fsp3) is 0.581. The van der Waals surface area contributed by atoms with Gasteiger partial charge in [0.05, 0.1) is 0 Å². The Kier molecular flexibility index (Phi) is 12.1. The normalized spacial score (nSPS) is 12.1. The van der Waals surface area contributed by atoms with Crippen molar-refractivity contribution in [3.63, 3.8) is 0 Å². The van der Waals surface area contributed by atoms with Gasteiger partial charge in [0.1, 0.15) is 0 Å². The summed E-state index contributed by atoms with van der Waals surface area (Å²) in [6.07, 6.45) is 7.85. The van der Waals surface area contributed by atoms with E-state index in [4.69, 9.17) is 9.97 Å². The van der Waals surface area contributed by atoms with E-state index >= 15 is 0 Å². The molecule has 1 aromatic heterocycles. The predicted octanol–water partition coefficient (Wildman–Crippen LogP) is 6.91. The number of rotatable bonds is 16. The average Bonchev–Trinajstić information content (AvgIpc) is 2.93. The molecule has 0 radical (unpaired) electrons. The Morgan fingerprint density at radius 1 is 0.811 bits per heavy atom. The number of unbranched alkanes of at least 4 members (excludes halogenated alkanes) is 3. The van der Waals surface area contributed by atoms with E-state index in [-0.39, 0.29) is 5.91 Å². The summed E-state index contributed by atoms with van der Waals surface area (Å²) < 4.78 is 5.94. The van der Waals surface area contributed by atoms with Crippen molar-refractivity contribution >= 4 is 49.9 Å². The van der Waals surface area contributed by atoms with Crippen LogP contribution in [-0.4, -0.2) is 65.3 Å². The first-order valence-corrected chi connectivity index (χ1v) is 22.2. The molecule has 0 saturated carbocycles. The zero-order chi connectivity index (χ0) is 26.7. The molecule has 0 aliphatic carbocycles. The van der Waals surface area contributed by atoms with E-state index < -0.39 is 18.4 Å². The molecule has 0 aliphatic heterocycles. The van der Waals surface area contributed by atoms with Gasteiger partial charge in [0, 0.05) is 0 Å². The molecule has 1 N–H and O–H groups in total. The first-order valence-electron chi connectivity index (χ1n) is 14.7. The maximum atomic E-state index is 13.1. The summed E-state index contributed by atoms with van der Waals surface area (Å²) >= 11 is -2.55. The van der Waals surface area contributed by atoms with Crippen molar-refractivity contribution in [3.05, 3.63) is 42.0 Å². The SMILES string of the molecule is CCC[CH2][Sn]([CH2]CCC)([CH2]CCC)[c]1ccc2nc3c(C(=O)NCCN(CC)CC)cccc3nc2c1. The number of nitrogens with one attached hydrogen (secondary N) is 1. The van der Waals surface area contributed by atoms with Crippen LogP contribution in [0.3, 0.4) is 0 Å². The van der Waals surface area contributed by atoms with Gasteiger partial charge in [-0.3, -0.25) is 0 Å². The van der Waals surface area contributed by atoms with Crippen LogP contribution < -0.4 is 8.90 Å². The van der Waals surface area contributed by atoms with Crippen LogP contribution in [0.15, 0.2) is 36.4 Å². The van der Waals surface area contributed by atoms with Gasteiger partial charge in [-0.25, -0.2) is 0 Å². The van der Waals surface area contributed by atoms with Crippen LogP contribution in [0, 0.1) is 0 Å². The summed E-state index contributed by atoms with van der Waals surface area (Å²) in [4.78, 5) is 25.4. The molecule has 5 nitrogen and oxygen atoms in total. The van der Waals surface area contributed by atoms with Crippen molar-refractivity contribution in [2.75, 3.05) is 26.2 Å². The van der Waals surface area contributed by atoms with Crippen LogP contribution in [-0.2, 0) is 0 Å². The Morgan fingerprint density at radius 2 is 1.46 bits per heavy atom. The minimum absolute atomic E-state index is 0.0723.